The van der Waals surface area contributed by atoms with Crippen LogP contribution in [0.3, 0.4) is 0 Å². The van der Waals surface area contributed by atoms with Crippen LogP contribution in [0.2, 0.25) is 0 Å². The third kappa shape index (κ3) is 4.17. The van der Waals surface area contributed by atoms with Crippen LogP contribution in [0.1, 0.15) is 13.3 Å². The monoisotopic (exact) mass is 348 g/mol. The number of benzene rings is 1. The number of carbonyl (C=O) groups excluding carboxylic acids is 1. The zero-order chi connectivity index (χ0) is 17.0. The molecule has 0 radical (unpaired) electrons. The van der Waals surface area contributed by atoms with Gasteiger partial charge in [0, 0.05) is 33.1 Å². The van der Waals surface area contributed by atoms with Gasteiger partial charge in [0.2, 0.25) is 15.9 Å². The highest BCUT2D eigenvalue weighted by molar-refractivity contribution is 7.89. The van der Waals surface area contributed by atoms with E-state index in [2.05, 4.69) is 4.74 Å². The van der Waals surface area contributed by atoms with Crippen molar-refractivity contribution in [1.82, 2.24) is 9.21 Å². The van der Waals surface area contributed by atoms with Crippen molar-refractivity contribution < 1.29 is 26.7 Å². The second-order valence-electron chi connectivity index (χ2n) is 5.09. The Balaban J connectivity index is 2.26. The molecule has 1 aliphatic rings. The topological polar surface area (TPSA) is 66.9 Å². The second kappa shape index (κ2) is 7.22. The van der Waals surface area contributed by atoms with E-state index < -0.39 is 16.6 Å². The molecule has 0 aliphatic carbocycles. The Morgan fingerprint density at radius 2 is 1.87 bits per heavy atom. The van der Waals surface area contributed by atoms with E-state index in [0.29, 0.717) is 13.0 Å². The summed E-state index contributed by atoms with van der Waals surface area (Å²) in [4.78, 5) is 12.7. The second-order valence-corrected chi connectivity index (χ2v) is 7.00. The molecule has 0 bridgehead atoms. The Morgan fingerprint density at radius 1 is 1.17 bits per heavy atom. The molecule has 0 N–H and O–H groups in total. The molecule has 6 nitrogen and oxygen atoms in total. The van der Waals surface area contributed by atoms with Gasteiger partial charge in [-0.1, -0.05) is 12.1 Å². The van der Waals surface area contributed by atoms with Gasteiger partial charge in [-0.15, -0.1) is 0 Å². The summed E-state index contributed by atoms with van der Waals surface area (Å²) in [5.41, 5.74) is 0. The Morgan fingerprint density at radius 3 is 2.52 bits per heavy atom. The Bertz CT molecular complexity index is 666. The molecular formula is C14H18F2N2O4S. The lowest BCUT2D eigenvalue weighted by molar-refractivity contribution is -0.128. The molecule has 1 saturated heterocycles. The number of amides is 1. The molecule has 1 aromatic carbocycles. The van der Waals surface area contributed by atoms with Crippen molar-refractivity contribution in [1.29, 1.82) is 0 Å². The zero-order valence-corrected chi connectivity index (χ0v) is 13.4. The number of rotatable bonds is 4. The largest absolute Gasteiger partial charge is 0.433 e. The van der Waals surface area contributed by atoms with Crippen LogP contribution in [-0.2, 0) is 14.8 Å². The first-order valence-electron chi connectivity index (χ1n) is 7.12. The van der Waals surface area contributed by atoms with Crippen LogP contribution in [0.25, 0.3) is 0 Å². The predicted octanol–water partition coefficient (Wildman–Crippen LogP) is 1.53. The first-order chi connectivity index (χ1) is 10.8. The molecule has 1 heterocycles. The molecule has 0 unspecified atom stereocenters. The fourth-order valence-corrected chi connectivity index (χ4v) is 4.04. The summed E-state index contributed by atoms with van der Waals surface area (Å²) >= 11 is 0. The third-order valence-corrected chi connectivity index (χ3v) is 5.52. The van der Waals surface area contributed by atoms with E-state index in [4.69, 9.17) is 0 Å². The highest BCUT2D eigenvalue weighted by Gasteiger charge is 2.30. The predicted molar refractivity (Wildman–Crippen MR) is 78.7 cm³/mol. The van der Waals surface area contributed by atoms with Crippen LogP contribution >= 0.6 is 0 Å². The summed E-state index contributed by atoms with van der Waals surface area (Å²) in [6.45, 7) is -0.609. The van der Waals surface area contributed by atoms with Crippen LogP contribution in [-0.4, -0.2) is 56.3 Å². The van der Waals surface area contributed by atoms with Gasteiger partial charge in [0.1, 0.15) is 10.6 Å². The maximum atomic E-state index is 12.7. The summed E-state index contributed by atoms with van der Waals surface area (Å²) in [6, 6.07) is 5.31. The van der Waals surface area contributed by atoms with Gasteiger partial charge in [-0.25, -0.2) is 8.42 Å². The van der Waals surface area contributed by atoms with Gasteiger partial charge >= 0.3 is 6.61 Å². The molecule has 23 heavy (non-hydrogen) atoms. The lowest BCUT2D eigenvalue weighted by Crippen LogP contribution is -2.36. The SMILES string of the molecule is CC(=O)N1CCCN(S(=O)(=O)c2ccccc2OC(F)F)CC1. The number of hydrogen-bond acceptors (Lipinski definition) is 4. The molecule has 1 fully saturated rings. The number of sulfonamides is 1. The number of ether oxygens (including phenoxy) is 1. The molecule has 0 atom stereocenters. The van der Waals surface area contributed by atoms with Crippen LogP contribution in [0.5, 0.6) is 5.75 Å². The minimum absolute atomic E-state index is 0.116. The van der Waals surface area contributed by atoms with Gasteiger partial charge < -0.3 is 9.64 Å². The van der Waals surface area contributed by atoms with E-state index in [9.17, 15) is 22.0 Å². The summed E-state index contributed by atoms with van der Waals surface area (Å²) < 4.78 is 55.9. The highest BCUT2D eigenvalue weighted by Crippen LogP contribution is 2.28. The first-order valence-corrected chi connectivity index (χ1v) is 8.56. The molecule has 1 aromatic rings. The van der Waals surface area contributed by atoms with Gasteiger partial charge in [-0.05, 0) is 18.6 Å². The van der Waals surface area contributed by atoms with Gasteiger partial charge in [0.15, 0.2) is 0 Å². The number of hydrogen-bond donors (Lipinski definition) is 0. The average molecular weight is 348 g/mol. The minimum Gasteiger partial charge on any atom is -0.433 e. The minimum atomic E-state index is -3.97. The Kier molecular flexibility index (Phi) is 5.53. The van der Waals surface area contributed by atoms with Gasteiger partial charge in [-0.2, -0.15) is 13.1 Å². The Hall–Kier alpha value is -1.74. The normalized spacial score (nSPS) is 17.1. The van der Waals surface area contributed by atoms with Crippen molar-refractivity contribution in [2.75, 3.05) is 26.2 Å². The molecule has 0 spiro atoms. The van der Waals surface area contributed by atoms with Crippen molar-refractivity contribution in [2.45, 2.75) is 24.9 Å². The van der Waals surface area contributed by atoms with E-state index in [1.807, 2.05) is 0 Å². The Labute approximate surface area is 133 Å². The lowest BCUT2D eigenvalue weighted by Gasteiger charge is -2.22. The zero-order valence-electron chi connectivity index (χ0n) is 12.6. The average Bonchev–Trinajstić information content (AvgIpc) is 2.73. The lowest BCUT2D eigenvalue weighted by atomic mass is 10.3. The quantitative estimate of drug-likeness (QED) is 0.828. The molecular weight excluding hydrogens is 330 g/mol. The van der Waals surface area contributed by atoms with Crippen LogP contribution in [0, 0.1) is 0 Å². The van der Waals surface area contributed by atoms with E-state index in [0.717, 1.165) is 0 Å². The molecule has 0 aromatic heterocycles. The fourth-order valence-electron chi connectivity index (χ4n) is 2.44. The number of halogens is 2. The summed E-state index contributed by atoms with van der Waals surface area (Å²) in [7, 11) is -3.97. The molecule has 1 amide bonds. The maximum Gasteiger partial charge on any atom is 0.387 e. The summed E-state index contributed by atoms with van der Waals surface area (Å²) in [6.07, 6.45) is 0.483. The fraction of sp³-hybridized carbons (Fsp3) is 0.500. The first kappa shape index (κ1) is 17.6. The third-order valence-electron chi connectivity index (χ3n) is 3.58. The number of carbonyl (C=O) groups is 1. The molecule has 0 saturated carbocycles. The van der Waals surface area contributed by atoms with E-state index in [1.54, 1.807) is 4.90 Å². The van der Waals surface area contributed by atoms with Crippen molar-refractivity contribution >= 4 is 15.9 Å². The maximum absolute atomic E-state index is 12.7. The van der Waals surface area contributed by atoms with Gasteiger partial charge in [0.05, 0.1) is 0 Å². The van der Waals surface area contributed by atoms with E-state index in [1.165, 1.54) is 35.5 Å². The number of nitrogens with zero attached hydrogens (tertiary/aromatic N) is 2. The van der Waals surface area contributed by atoms with E-state index in [-0.39, 0.29) is 36.2 Å². The van der Waals surface area contributed by atoms with Crippen molar-refractivity contribution in [3.05, 3.63) is 24.3 Å². The van der Waals surface area contributed by atoms with Crippen molar-refractivity contribution in [2.24, 2.45) is 0 Å². The van der Waals surface area contributed by atoms with Crippen molar-refractivity contribution in [3.63, 3.8) is 0 Å². The molecule has 9 heteroatoms. The van der Waals surface area contributed by atoms with E-state index >= 15 is 0 Å². The smallest absolute Gasteiger partial charge is 0.387 e. The van der Waals surface area contributed by atoms with Gasteiger partial charge in [0.25, 0.3) is 0 Å². The van der Waals surface area contributed by atoms with Crippen LogP contribution < -0.4 is 4.74 Å². The number of para-hydroxylation sites is 1. The highest BCUT2D eigenvalue weighted by atomic mass is 32.2. The molecule has 128 valence electrons. The summed E-state index contributed by atoms with van der Waals surface area (Å²) in [5, 5.41) is 0. The van der Waals surface area contributed by atoms with Crippen molar-refractivity contribution in [3.8, 4) is 5.75 Å². The van der Waals surface area contributed by atoms with Crippen LogP contribution in [0.4, 0.5) is 8.78 Å². The standard InChI is InChI=1S/C14H18F2N2O4S/c1-11(19)17-7-4-8-18(10-9-17)23(20,21)13-6-3-2-5-12(13)22-14(15)16/h2-3,5-6,14H,4,7-10H2,1H3. The summed E-state index contributed by atoms with van der Waals surface area (Å²) in [5.74, 6) is -0.499. The number of alkyl halides is 2. The van der Waals surface area contributed by atoms with Crippen LogP contribution in [0.15, 0.2) is 29.2 Å². The molecule has 2 rings (SSSR count). The molecule has 1 aliphatic heterocycles. The van der Waals surface area contributed by atoms with Gasteiger partial charge in [-0.3, -0.25) is 4.79 Å².